The van der Waals surface area contributed by atoms with Crippen molar-refractivity contribution in [2.24, 2.45) is 7.05 Å². The van der Waals surface area contributed by atoms with Gasteiger partial charge in [0.25, 0.3) is 5.56 Å². The van der Waals surface area contributed by atoms with Gasteiger partial charge in [-0.1, -0.05) is 25.6 Å². The molecule has 0 radical (unpaired) electrons. The molecule has 0 aliphatic carbocycles. The van der Waals surface area contributed by atoms with E-state index in [9.17, 15) is 4.79 Å². The molecule has 1 N–H and O–H groups in total. The molecule has 0 fully saturated rings. The SMILES string of the molecule is CNc1ccc2c(ccc(=O)n2C)c1C#C[Si](C)(C)C. The maximum absolute atomic E-state index is 11.7. The molecule has 0 aliphatic heterocycles. The van der Waals surface area contributed by atoms with Gasteiger partial charge >= 0.3 is 0 Å². The summed E-state index contributed by atoms with van der Waals surface area (Å²) < 4.78 is 1.66. The van der Waals surface area contributed by atoms with Crippen molar-refractivity contribution in [1.29, 1.82) is 0 Å². The van der Waals surface area contributed by atoms with Crippen LogP contribution in [-0.2, 0) is 7.05 Å². The van der Waals surface area contributed by atoms with Gasteiger partial charge in [0.15, 0.2) is 0 Å². The monoisotopic (exact) mass is 284 g/mol. The molecule has 2 aromatic rings. The van der Waals surface area contributed by atoms with Gasteiger partial charge in [0.05, 0.1) is 16.8 Å². The molecular formula is C16H20N2OSi. The van der Waals surface area contributed by atoms with Gasteiger partial charge in [-0.2, -0.15) is 0 Å². The maximum atomic E-state index is 11.7. The highest BCUT2D eigenvalue weighted by Crippen LogP contribution is 2.24. The predicted molar refractivity (Wildman–Crippen MR) is 89.0 cm³/mol. The third-order valence-electron chi connectivity index (χ3n) is 3.14. The maximum Gasteiger partial charge on any atom is 0.250 e. The smallest absolute Gasteiger partial charge is 0.250 e. The molecule has 3 nitrogen and oxygen atoms in total. The summed E-state index contributed by atoms with van der Waals surface area (Å²) in [5, 5.41) is 4.20. The van der Waals surface area contributed by atoms with Crippen molar-refractivity contribution in [1.82, 2.24) is 4.57 Å². The number of benzene rings is 1. The van der Waals surface area contributed by atoms with Gasteiger partial charge in [-0.15, -0.1) is 5.54 Å². The molecule has 1 aromatic heterocycles. The summed E-state index contributed by atoms with van der Waals surface area (Å²) in [4.78, 5) is 11.7. The van der Waals surface area contributed by atoms with Crippen molar-refractivity contribution in [3.8, 4) is 11.5 Å². The lowest BCUT2D eigenvalue weighted by molar-refractivity contribution is 0.906. The number of fused-ring (bicyclic) bond motifs is 1. The second kappa shape index (κ2) is 5.18. The summed E-state index contributed by atoms with van der Waals surface area (Å²) in [6, 6.07) is 7.41. The third kappa shape index (κ3) is 2.78. The Labute approximate surface area is 120 Å². The summed E-state index contributed by atoms with van der Waals surface area (Å²) >= 11 is 0. The van der Waals surface area contributed by atoms with Gasteiger partial charge < -0.3 is 9.88 Å². The highest BCUT2D eigenvalue weighted by Gasteiger charge is 2.10. The van der Waals surface area contributed by atoms with E-state index < -0.39 is 8.07 Å². The number of rotatable bonds is 1. The van der Waals surface area contributed by atoms with E-state index in [0.29, 0.717) is 0 Å². The van der Waals surface area contributed by atoms with Gasteiger partial charge in [0, 0.05) is 25.5 Å². The van der Waals surface area contributed by atoms with E-state index in [-0.39, 0.29) is 5.56 Å². The van der Waals surface area contributed by atoms with Crippen LogP contribution < -0.4 is 10.9 Å². The number of hydrogen-bond acceptors (Lipinski definition) is 2. The van der Waals surface area contributed by atoms with Crippen molar-refractivity contribution < 1.29 is 0 Å². The molecule has 0 atom stereocenters. The van der Waals surface area contributed by atoms with Gasteiger partial charge in [-0.05, 0) is 18.2 Å². The molecule has 0 unspecified atom stereocenters. The van der Waals surface area contributed by atoms with Crippen molar-refractivity contribution >= 4 is 24.7 Å². The number of pyridine rings is 1. The Morgan fingerprint density at radius 3 is 2.45 bits per heavy atom. The number of aromatic nitrogens is 1. The number of hydrogen-bond donors (Lipinski definition) is 1. The van der Waals surface area contributed by atoms with Crippen LogP contribution in [0.15, 0.2) is 29.1 Å². The highest BCUT2D eigenvalue weighted by molar-refractivity contribution is 6.83. The zero-order valence-electron chi connectivity index (χ0n) is 12.7. The van der Waals surface area contributed by atoms with Crippen LogP contribution in [0.3, 0.4) is 0 Å². The molecule has 0 saturated carbocycles. The van der Waals surface area contributed by atoms with E-state index in [1.165, 1.54) is 0 Å². The average Bonchev–Trinajstić information content (AvgIpc) is 2.39. The molecule has 0 amide bonds. The summed E-state index contributed by atoms with van der Waals surface area (Å²) in [6.45, 7) is 6.67. The van der Waals surface area contributed by atoms with Crippen LogP contribution in [0.5, 0.6) is 0 Å². The molecule has 0 saturated heterocycles. The summed E-state index contributed by atoms with van der Waals surface area (Å²) in [5.41, 5.74) is 6.29. The second-order valence-electron chi connectivity index (χ2n) is 5.90. The topological polar surface area (TPSA) is 34.0 Å². The summed E-state index contributed by atoms with van der Waals surface area (Å²) in [5.74, 6) is 3.33. The Hall–Kier alpha value is -1.99. The number of nitrogens with one attached hydrogen (secondary N) is 1. The van der Waals surface area contributed by atoms with Crippen LogP contribution in [0.2, 0.25) is 19.6 Å². The van der Waals surface area contributed by atoms with Gasteiger partial charge in [0.1, 0.15) is 8.07 Å². The number of nitrogens with zero attached hydrogens (tertiary/aromatic N) is 1. The minimum Gasteiger partial charge on any atom is -0.387 e. The lowest BCUT2D eigenvalue weighted by Gasteiger charge is -2.11. The minimum absolute atomic E-state index is 0.00110. The second-order valence-corrected chi connectivity index (χ2v) is 10.7. The van der Waals surface area contributed by atoms with E-state index in [1.807, 2.05) is 25.2 Å². The Bertz CT molecular complexity index is 773. The standard InChI is InChI=1S/C16H20N2OSi/c1-17-14-7-8-15-13(6-9-16(19)18(15)2)12(14)10-11-20(3,4)5/h6-9,17H,1-5H3. The Balaban J connectivity index is 2.81. The largest absolute Gasteiger partial charge is 0.387 e. The third-order valence-corrected chi connectivity index (χ3v) is 4.01. The van der Waals surface area contributed by atoms with Crippen LogP contribution in [0.4, 0.5) is 5.69 Å². The van der Waals surface area contributed by atoms with Crippen LogP contribution in [0.25, 0.3) is 10.9 Å². The molecular weight excluding hydrogens is 264 g/mol. The predicted octanol–water partition coefficient (Wildman–Crippen LogP) is 2.81. The molecule has 104 valence electrons. The Morgan fingerprint density at radius 2 is 1.85 bits per heavy atom. The summed E-state index contributed by atoms with van der Waals surface area (Å²) in [7, 11) is 2.24. The first-order chi connectivity index (χ1) is 9.33. The first-order valence-electron chi connectivity index (χ1n) is 6.67. The fourth-order valence-electron chi connectivity index (χ4n) is 2.05. The average molecular weight is 284 g/mol. The normalized spacial score (nSPS) is 11.1. The minimum atomic E-state index is -1.44. The van der Waals surface area contributed by atoms with Crippen molar-refractivity contribution in [2.75, 3.05) is 12.4 Å². The molecule has 0 spiro atoms. The lowest BCUT2D eigenvalue weighted by atomic mass is 10.1. The molecule has 20 heavy (non-hydrogen) atoms. The van der Waals surface area contributed by atoms with Gasteiger partial charge in [-0.3, -0.25) is 4.79 Å². The molecule has 2 rings (SSSR count). The first kappa shape index (κ1) is 14.4. The van der Waals surface area contributed by atoms with Crippen LogP contribution >= 0.6 is 0 Å². The van der Waals surface area contributed by atoms with Crippen LogP contribution in [0, 0.1) is 11.5 Å². The molecule has 4 heteroatoms. The molecule has 1 aromatic carbocycles. The van der Waals surface area contributed by atoms with Gasteiger partial charge in [0.2, 0.25) is 0 Å². The van der Waals surface area contributed by atoms with E-state index >= 15 is 0 Å². The van der Waals surface area contributed by atoms with E-state index in [2.05, 4.69) is 36.4 Å². The summed E-state index contributed by atoms with van der Waals surface area (Å²) in [6.07, 6.45) is 0. The first-order valence-corrected chi connectivity index (χ1v) is 10.2. The van der Waals surface area contributed by atoms with E-state index in [0.717, 1.165) is 22.2 Å². The van der Waals surface area contributed by atoms with E-state index in [4.69, 9.17) is 0 Å². The lowest BCUT2D eigenvalue weighted by Crippen LogP contribution is -2.17. The van der Waals surface area contributed by atoms with Crippen molar-refractivity contribution in [2.45, 2.75) is 19.6 Å². The zero-order valence-corrected chi connectivity index (χ0v) is 13.7. The Kier molecular flexibility index (Phi) is 3.73. The van der Waals surface area contributed by atoms with Crippen LogP contribution in [-0.4, -0.2) is 19.7 Å². The number of anilines is 1. The van der Waals surface area contributed by atoms with Gasteiger partial charge in [-0.25, -0.2) is 0 Å². The number of aryl methyl sites for hydroxylation is 1. The highest BCUT2D eigenvalue weighted by atomic mass is 28.3. The fourth-order valence-corrected chi connectivity index (χ4v) is 2.55. The Morgan fingerprint density at radius 1 is 1.15 bits per heavy atom. The van der Waals surface area contributed by atoms with Crippen molar-refractivity contribution in [3.05, 3.63) is 40.2 Å². The molecule has 1 heterocycles. The molecule has 0 bridgehead atoms. The fraction of sp³-hybridized carbons (Fsp3) is 0.312. The van der Waals surface area contributed by atoms with Crippen molar-refractivity contribution in [3.63, 3.8) is 0 Å². The molecule has 0 aliphatic rings. The zero-order chi connectivity index (χ0) is 14.9. The quantitative estimate of drug-likeness (QED) is 0.645. The van der Waals surface area contributed by atoms with E-state index in [1.54, 1.807) is 17.7 Å². The van der Waals surface area contributed by atoms with Crippen LogP contribution in [0.1, 0.15) is 5.56 Å².